The third kappa shape index (κ3) is 2.08. The van der Waals surface area contributed by atoms with Crippen molar-refractivity contribution in [1.29, 1.82) is 0 Å². The first kappa shape index (κ1) is 10.5. The van der Waals surface area contributed by atoms with Gasteiger partial charge in [0.05, 0.1) is 11.9 Å². The van der Waals surface area contributed by atoms with Crippen LogP contribution in [0.5, 0.6) is 0 Å². The first-order chi connectivity index (χ1) is 8.93. The normalized spacial score (nSPS) is 11.7. The molecule has 3 rings (SSSR count). The molecule has 0 aliphatic carbocycles. The zero-order chi connectivity index (χ0) is 12.2. The summed E-state index contributed by atoms with van der Waals surface area (Å²) in [4.78, 5) is 0. The van der Waals surface area contributed by atoms with Crippen LogP contribution in [0.4, 0.5) is 0 Å². The molecular formula is C14H12N4. The zero-order valence-corrected chi connectivity index (χ0v) is 9.72. The standard InChI is InChI=1S/C14H12N4/c1-2-6-13(7-3-1)14(18-11-5-9-16-18)12-17-10-4-8-15-17/h1-12H. The van der Waals surface area contributed by atoms with E-state index in [1.807, 2.05) is 53.6 Å². The molecule has 88 valence electrons. The molecule has 0 N–H and O–H groups in total. The molecule has 4 heteroatoms. The van der Waals surface area contributed by atoms with Gasteiger partial charge in [0.15, 0.2) is 0 Å². The van der Waals surface area contributed by atoms with Gasteiger partial charge in [-0.15, -0.1) is 0 Å². The minimum Gasteiger partial charge on any atom is -0.246 e. The highest BCUT2D eigenvalue weighted by atomic mass is 15.3. The van der Waals surface area contributed by atoms with Crippen LogP contribution < -0.4 is 0 Å². The molecule has 0 spiro atoms. The maximum atomic E-state index is 4.28. The summed E-state index contributed by atoms with van der Waals surface area (Å²) in [6.07, 6.45) is 9.28. The highest BCUT2D eigenvalue weighted by Crippen LogP contribution is 2.16. The fraction of sp³-hybridized carbons (Fsp3) is 0. The van der Waals surface area contributed by atoms with Crippen molar-refractivity contribution < 1.29 is 0 Å². The molecule has 0 saturated heterocycles. The lowest BCUT2D eigenvalue weighted by molar-refractivity contribution is 0.883. The lowest BCUT2D eigenvalue weighted by Crippen LogP contribution is -2.01. The number of benzene rings is 1. The van der Waals surface area contributed by atoms with Crippen molar-refractivity contribution in [1.82, 2.24) is 19.6 Å². The molecule has 0 atom stereocenters. The van der Waals surface area contributed by atoms with Crippen LogP contribution in [0.1, 0.15) is 5.56 Å². The minimum atomic E-state index is 0.976. The van der Waals surface area contributed by atoms with Crippen molar-refractivity contribution >= 4 is 11.9 Å². The highest BCUT2D eigenvalue weighted by molar-refractivity contribution is 5.74. The number of hydrogen-bond acceptors (Lipinski definition) is 2. The molecule has 0 fully saturated rings. The lowest BCUT2D eigenvalue weighted by Gasteiger charge is -2.08. The van der Waals surface area contributed by atoms with Crippen LogP contribution in [0.2, 0.25) is 0 Å². The molecular weight excluding hydrogens is 224 g/mol. The van der Waals surface area contributed by atoms with Crippen molar-refractivity contribution in [2.75, 3.05) is 0 Å². The second kappa shape index (κ2) is 4.71. The second-order valence-corrected chi connectivity index (χ2v) is 3.82. The largest absolute Gasteiger partial charge is 0.246 e. The van der Waals surface area contributed by atoms with Crippen molar-refractivity contribution in [3.05, 3.63) is 72.8 Å². The Morgan fingerprint density at radius 2 is 1.67 bits per heavy atom. The van der Waals surface area contributed by atoms with E-state index in [0.717, 1.165) is 11.3 Å². The van der Waals surface area contributed by atoms with Gasteiger partial charge < -0.3 is 0 Å². The topological polar surface area (TPSA) is 35.6 Å². The van der Waals surface area contributed by atoms with Crippen LogP contribution in [0.3, 0.4) is 0 Å². The molecule has 1 aromatic carbocycles. The van der Waals surface area contributed by atoms with Gasteiger partial charge in [-0.05, 0) is 12.1 Å². The van der Waals surface area contributed by atoms with E-state index >= 15 is 0 Å². The van der Waals surface area contributed by atoms with E-state index in [-0.39, 0.29) is 0 Å². The van der Waals surface area contributed by atoms with E-state index < -0.39 is 0 Å². The maximum Gasteiger partial charge on any atom is 0.0900 e. The summed E-state index contributed by atoms with van der Waals surface area (Å²) in [6.45, 7) is 0. The quantitative estimate of drug-likeness (QED) is 0.700. The number of aromatic nitrogens is 4. The second-order valence-electron chi connectivity index (χ2n) is 3.82. The van der Waals surface area contributed by atoms with Crippen molar-refractivity contribution in [3.8, 4) is 0 Å². The average Bonchev–Trinajstić information content (AvgIpc) is 3.10. The number of hydrogen-bond donors (Lipinski definition) is 0. The Morgan fingerprint density at radius 1 is 0.889 bits per heavy atom. The maximum absolute atomic E-state index is 4.28. The molecule has 0 amide bonds. The summed E-state index contributed by atoms with van der Waals surface area (Å²) >= 11 is 0. The summed E-state index contributed by atoms with van der Waals surface area (Å²) < 4.78 is 3.60. The Labute approximate surface area is 105 Å². The van der Waals surface area contributed by atoms with Gasteiger partial charge in [0.25, 0.3) is 0 Å². The molecule has 4 nitrogen and oxygen atoms in total. The number of rotatable bonds is 3. The van der Waals surface area contributed by atoms with Gasteiger partial charge in [0.2, 0.25) is 0 Å². The average molecular weight is 236 g/mol. The van der Waals surface area contributed by atoms with E-state index in [4.69, 9.17) is 0 Å². The van der Waals surface area contributed by atoms with Crippen LogP contribution in [0.25, 0.3) is 11.9 Å². The molecule has 0 bridgehead atoms. The highest BCUT2D eigenvalue weighted by Gasteiger charge is 2.04. The molecule has 2 aromatic heterocycles. The molecule has 3 aromatic rings. The van der Waals surface area contributed by atoms with Crippen LogP contribution in [0, 0.1) is 0 Å². The van der Waals surface area contributed by atoms with Gasteiger partial charge in [-0.1, -0.05) is 30.3 Å². The Hall–Kier alpha value is -2.62. The van der Waals surface area contributed by atoms with E-state index in [1.54, 1.807) is 17.1 Å². The predicted octanol–water partition coefficient (Wildman–Crippen LogP) is 2.58. The molecule has 18 heavy (non-hydrogen) atoms. The Kier molecular flexibility index (Phi) is 2.75. The third-order valence-corrected chi connectivity index (χ3v) is 2.60. The van der Waals surface area contributed by atoms with E-state index in [1.165, 1.54) is 0 Å². The molecule has 0 unspecified atom stereocenters. The molecule has 0 saturated carbocycles. The summed E-state index contributed by atoms with van der Waals surface area (Å²) in [5.41, 5.74) is 2.07. The van der Waals surface area contributed by atoms with Gasteiger partial charge in [0.1, 0.15) is 0 Å². The summed E-state index contributed by atoms with van der Waals surface area (Å²) in [7, 11) is 0. The SMILES string of the molecule is C(=C(c1ccccc1)n1cccn1)n1cccn1. The molecule has 0 aliphatic heterocycles. The fourth-order valence-corrected chi connectivity index (χ4v) is 1.77. The predicted molar refractivity (Wildman–Crippen MR) is 70.5 cm³/mol. The molecule has 0 radical (unpaired) electrons. The Balaban J connectivity index is 2.10. The van der Waals surface area contributed by atoms with Crippen LogP contribution in [-0.2, 0) is 0 Å². The number of nitrogens with zero attached hydrogens (tertiary/aromatic N) is 4. The van der Waals surface area contributed by atoms with Gasteiger partial charge in [-0.2, -0.15) is 10.2 Å². The van der Waals surface area contributed by atoms with Crippen LogP contribution >= 0.6 is 0 Å². The Bertz CT molecular complexity index is 622. The monoisotopic (exact) mass is 236 g/mol. The molecule has 0 aliphatic rings. The first-order valence-corrected chi connectivity index (χ1v) is 5.70. The van der Waals surface area contributed by atoms with Crippen LogP contribution in [-0.4, -0.2) is 19.6 Å². The fourth-order valence-electron chi connectivity index (χ4n) is 1.77. The van der Waals surface area contributed by atoms with Gasteiger partial charge >= 0.3 is 0 Å². The van der Waals surface area contributed by atoms with E-state index in [0.29, 0.717) is 0 Å². The van der Waals surface area contributed by atoms with Crippen LogP contribution in [0.15, 0.2) is 67.3 Å². The smallest absolute Gasteiger partial charge is 0.0900 e. The third-order valence-electron chi connectivity index (χ3n) is 2.60. The van der Waals surface area contributed by atoms with Crippen molar-refractivity contribution in [2.24, 2.45) is 0 Å². The minimum absolute atomic E-state index is 0.976. The van der Waals surface area contributed by atoms with E-state index in [2.05, 4.69) is 22.3 Å². The van der Waals surface area contributed by atoms with E-state index in [9.17, 15) is 0 Å². The van der Waals surface area contributed by atoms with Gasteiger partial charge in [0, 0.05) is 30.4 Å². The van der Waals surface area contributed by atoms with Gasteiger partial charge in [-0.25, -0.2) is 9.36 Å². The summed E-state index contributed by atoms with van der Waals surface area (Å²) in [6, 6.07) is 13.9. The summed E-state index contributed by atoms with van der Waals surface area (Å²) in [5, 5.41) is 8.47. The first-order valence-electron chi connectivity index (χ1n) is 5.70. The molecule has 2 heterocycles. The lowest BCUT2D eigenvalue weighted by atomic mass is 10.2. The van der Waals surface area contributed by atoms with Crippen molar-refractivity contribution in [3.63, 3.8) is 0 Å². The Morgan fingerprint density at radius 3 is 2.33 bits per heavy atom. The van der Waals surface area contributed by atoms with Crippen molar-refractivity contribution in [2.45, 2.75) is 0 Å². The van der Waals surface area contributed by atoms with Gasteiger partial charge in [-0.3, -0.25) is 0 Å². The zero-order valence-electron chi connectivity index (χ0n) is 9.72. The summed E-state index contributed by atoms with van der Waals surface area (Å²) in [5.74, 6) is 0.